The van der Waals surface area contributed by atoms with Gasteiger partial charge in [0.05, 0.1) is 6.04 Å². The zero-order valence-corrected chi connectivity index (χ0v) is 12.7. The smallest absolute Gasteiger partial charge is 0.161 e. The summed E-state index contributed by atoms with van der Waals surface area (Å²) in [6.45, 7) is 6.53. The topological polar surface area (TPSA) is 24.4 Å². The van der Waals surface area contributed by atoms with E-state index in [4.69, 9.17) is 0 Å². The second-order valence-corrected chi connectivity index (χ2v) is 6.77. The number of rotatable bonds is 1. The van der Waals surface area contributed by atoms with Crippen molar-refractivity contribution < 1.29 is 0 Å². The summed E-state index contributed by atoms with van der Waals surface area (Å²) in [7, 11) is 0. The van der Waals surface area contributed by atoms with E-state index in [9.17, 15) is 0 Å². The van der Waals surface area contributed by atoms with E-state index in [1.165, 1.54) is 5.56 Å². The number of nitrogens with one attached hydrogen (secondary N) is 1. The molecule has 2 nitrogen and oxygen atoms in total. The Bertz CT molecular complexity index is 445. The maximum absolute atomic E-state index is 4.65. The number of nitrogens with zero attached hydrogens (tertiary/aromatic N) is 1. The van der Waals surface area contributed by atoms with Gasteiger partial charge in [0.25, 0.3) is 0 Å². The van der Waals surface area contributed by atoms with Crippen LogP contribution < -0.4 is 5.32 Å². The Labute approximate surface area is 115 Å². The Morgan fingerprint density at radius 1 is 1.41 bits per heavy atom. The first-order chi connectivity index (χ1) is 8.06. The maximum Gasteiger partial charge on any atom is 0.161 e. The second kappa shape index (κ2) is 5.44. The number of anilines is 1. The molecule has 1 aliphatic heterocycles. The minimum atomic E-state index is 0.418. The lowest BCUT2D eigenvalue weighted by molar-refractivity contribution is 0.661. The van der Waals surface area contributed by atoms with Crippen molar-refractivity contribution in [3.8, 4) is 0 Å². The van der Waals surface area contributed by atoms with Gasteiger partial charge in [-0.25, -0.2) is 0 Å². The SMILES string of the molecule is Cc1c(Br)cccc1NC1=NC(C)CC(C)S1. The molecule has 0 spiro atoms. The first-order valence-electron chi connectivity index (χ1n) is 5.83. The lowest BCUT2D eigenvalue weighted by Crippen LogP contribution is -2.23. The van der Waals surface area contributed by atoms with Gasteiger partial charge in [0.2, 0.25) is 0 Å². The van der Waals surface area contributed by atoms with Gasteiger partial charge in [-0.1, -0.05) is 40.7 Å². The van der Waals surface area contributed by atoms with E-state index in [0.717, 1.165) is 21.7 Å². The van der Waals surface area contributed by atoms with Gasteiger partial charge in [-0.15, -0.1) is 0 Å². The molecule has 2 atom stereocenters. The Kier molecular flexibility index (Phi) is 4.15. The van der Waals surface area contributed by atoms with E-state index in [2.05, 4.69) is 59.1 Å². The molecule has 0 radical (unpaired) electrons. The summed E-state index contributed by atoms with van der Waals surface area (Å²) in [4.78, 5) is 4.65. The Morgan fingerprint density at radius 2 is 2.18 bits per heavy atom. The third-order valence-corrected chi connectivity index (χ3v) is 4.72. The summed E-state index contributed by atoms with van der Waals surface area (Å²) >= 11 is 5.37. The molecule has 2 unspecified atom stereocenters. The van der Waals surface area contributed by atoms with Crippen LogP contribution in [0.15, 0.2) is 27.7 Å². The standard InChI is InChI=1S/C13H17BrN2S/c1-8-7-9(2)17-13(15-8)16-12-6-4-5-11(14)10(12)3/h4-6,8-9H,7H2,1-3H3,(H,15,16). The second-order valence-electron chi connectivity index (χ2n) is 4.48. The van der Waals surface area contributed by atoms with Crippen molar-refractivity contribution >= 4 is 38.5 Å². The molecule has 0 aromatic heterocycles. The van der Waals surface area contributed by atoms with Crippen molar-refractivity contribution in [3.63, 3.8) is 0 Å². The van der Waals surface area contributed by atoms with Gasteiger partial charge in [-0.05, 0) is 38.0 Å². The summed E-state index contributed by atoms with van der Waals surface area (Å²) in [6.07, 6.45) is 1.16. The lowest BCUT2D eigenvalue weighted by Gasteiger charge is -2.23. The normalized spacial score (nSPS) is 24.4. The average molecular weight is 313 g/mol. The third kappa shape index (κ3) is 3.26. The van der Waals surface area contributed by atoms with E-state index < -0.39 is 0 Å². The van der Waals surface area contributed by atoms with Crippen LogP contribution in [-0.2, 0) is 0 Å². The zero-order chi connectivity index (χ0) is 12.4. The Hall–Kier alpha value is -0.480. The molecular formula is C13H17BrN2S. The number of thioether (sulfide) groups is 1. The molecular weight excluding hydrogens is 296 g/mol. The fourth-order valence-electron chi connectivity index (χ4n) is 1.92. The molecule has 1 aliphatic rings. The predicted molar refractivity (Wildman–Crippen MR) is 81.1 cm³/mol. The number of halogens is 1. The van der Waals surface area contributed by atoms with Gasteiger partial charge < -0.3 is 5.32 Å². The number of benzene rings is 1. The summed E-state index contributed by atoms with van der Waals surface area (Å²) in [5.41, 5.74) is 2.36. The number of amidine groups is 1. The van der Waals surface area contributed by atoms with Gasteiger partial charge >= 0.3 is 0 Å². The molecule has 4 heteroatoms. The van der Waals surface area contributed by atoms with Crippen LogP contribution >= 0.6 is 27.7 Å². The molecule has 0 saturated heterocycles. The van der Waals surface area contributed by atoms with Crippen molar-refractivity contribution in [3.05, 3.63) is 28.2 Å². The first kappa shape index (κ1) is 13.0. The van der Waals surface area contributed by atoms with Crippen LogP contribution in [0.25, 0.3) is 0 Å². The van der Waals surface area contributed by atoms with Gasteiger partial charge in [0.1, 0.15) is 0 Å². The third-order valence-electron chi connectivity index (χ3n) is 2.83. The van der Waals surface area contributed by atoms with Gasteiger partial charge in [0.15, 0.2) is 5.17 Å². The number of hydrogen-bond acceptors (Lipinski definition) is 3. The Balaban J connectivity index is 2.18. The van der Waals surface area contributed by atoms with Crippen molar-refractivity contribution in [2.45, 2.75) is 38.5 Å². The van der Waals surface area contributed by atoms with Crippen LogP contribution in [0.5, 0.6) is 0 Å². The molecule has 0 saturated carbocycles. The summed E-state index contributed by atoms with van der Waals surface area (Å²) < 4.78 is 1.13. The summed E-state index contributed by atoms with van der Waals surface area (Å²) in [5.74, 6) is 0. The molecule has 0 fully saturated rings. The first-order valence-corrected chi connectivity index (χ1v) is 7.50. The molecule has 17 heavy (non-hydrogen) atoms. The van der Waals surface area contributed by atoms with Crippen molar-refractivity contribution in [1.29, 1.82) is 0 Å². The van der Waals surface area contributed by atoms with Crippen LogP contribution in [0.1, 0.15) is 25.8 Å². The predicted octanol–water partition coefficient (Wildman–Crippen LogP) is 4.44. The molecule has 1 aromatic carbocycles. The molecule has 2 rings (SSSR count). The molecule has 0 bridgehead atoms. The average Bonchev–Trinajstić information content (AvgIpc) is 2.23. The van der Waals surface area contributed by atoms with E-state index in [-0.39, 0.29) is 0 Å². The number of aliphatic imine (C=N–C) groups is 1. The van der Waals surface area contributed by atoms with Crippen molar-refractivity contribution in [1.82, 2.24) is 0 Å². The number of hydrogen-bond donors (Lipinski definition) is 1. The monoisotopic (exact) mass is 312 g/mol. The minimum Gasteiger partial charge on any atom is -0.335 e. The minimum absolute atomic E-state index is 0.418. The molecule has 0 amide bonds. The highest BCUT2D eigenvalue weighted by Gasteiger charge is 2.18. The van der Waals surface area contributed by atoms with Crippen LogP contribution in [0, 0.1) is 6.92 Å². The molecule has 92 valence electrons. The molecule has 1 aromatic rings. The van der Waals surface area contributed by atoms with Crippen LogP contribution in [0.4, 0.5) is 5.69 Å². The van der Waals surface area contributed by atoms with Gasteiger partial charge in [-0.3, -0.25) is 4.99 Å². The van der Waals surface area contributed by atoms with E-state index in [1.54, 1.807) is 0 Å². The van der Waals surface area contributed by atoms with E-state index in [1.807, 2.05) is 17.8 Å². The van der Waals surface area contributed by atoms with E-state index >= 15 is 0 Å². The molecule has 1 heterocycles. The summed E-state index contributed by atoms with van der Waals surface area (Å²) in [6, 6.07) is 6.61. The van der Waals surface area contributed by atoms with E-state index in [0.29, 0.717) is 11.3 Å². The fraction of sp³-hybridized carbons (Fsp3) is 0.462. The highest BCUT2D eigenvalue weighted by atomic mass is 79.9. The Morgan fingerprint density at radius 3 is 2.88 bits per heavy atom. The van der Waals surface area contributed by atoms with Crippen LogP contribution in [0.2, 0.25) is 0 Å². The highest BCUT2D eigenvalue weighted by Crippen LogP contribution is 2.28. The van der Waals surface area contributed by atoms with Crippen molar-refractivity contribution in [2.75, 3.05) is 5.32 Å². The highest BCUT2D eigenvalue weighted by molar-refractivity contribution is 9.10. The largest absolute Gasteiger partial charge is 0.335 e. The fourth-order valence-corrected chi connectivity index (χ4v) is 3.45. The van der Waals surface area contributed by atoms with Crippen LogP contribution in [-0.4, -0.2) is 16.5 Å². The summed E-state index contributed by atoms with van der Waals surface area (Å²) in [5, 5.41) is 5.11. The molecule has 1 N–H and O–H groups in total. The van der Waals surface area contributed by atoms with Gasteiger partial charge in [-0.2, -0.15) is 0 Å². The maximum atomic E-state index is 4.65. The van der Waals surface area contributed by atoms with Crippen molar-refractivity contribution in [2.24, 2.45) is 4.99 Å². The quantitative estimate of drug-likeness (QED) is 0.829. The van der Waals surface area contributed by atoms with Gasteiger partial charge in [0, 0.05) is 15.4 Å². The van der Waals surface area contributed by atoms with Crippen LogP contribution in [0.3, 0.4) is 0 Å². The lowest BCUT2D eigenvalue weighted by atomic mass is 10.2. The molecule has 0 aliphatic carbocycles. The zero-order valence-electron chi connectivity index (χ0n) is 10.3.